The van der Waals surface area contributed by atoms with Crippen LogP contribution in [0.4, 0.5) is 0 Å². The van der Waals surface area contributed by atoms with Gasteiger partial charge in [0, 0.05) is 23.3 Å². The maximum Gasteiger partial charge on any atom is 0.287 e. The van der Waals surface area contributed by atoms with E-state index in [2.05, 4.69) is 10.3 Å². The lowest BCUT2D eigenvalue weighted by molar-refractivity contribution is 0.0913. The van der Waals surface area contributed by atoms with Gasteiger partial charge in [0.2, 0.25) is 0 Å². The van der Waals surface area contributed by atoms with Crippen LogP contribution >= 0.6 is 0 Å². The molecule has 112 valence electrons. The molecule has 0 bridgehead atoms. The SMILES string of the molecule is Cc1ccc2c(C)c(C(=O)N[C@@H](C)c3ccncc3)oc2c1. The summed E-state index contributed by atoms with van der Waals surface area (Å²) in [5, 5.41) is 3.95. The zero-order valence-corrected chi connectivity index (χ0v) is 12.9. The first-order valence-electron chi connectivity index (χ1n) is 7.27. The molecule has 3 aromatic rings. The van der Waals surface area contributed by atoms with Crippen molar-refractivity contribution in [2.75, 3.05) is 0 Å². The van der Waals surface area contributed by atoms with Crippen LogP contribution in [-0.2, 0) is 0 Å². The smallest absolute Gasteiger partial charge is 0.287 e. The van der Waals surface area contributed by atoms with Crippen LogP contribution in [0, 0.1) is 13.8 Å². The number of hydrogen-bond donors (Lipinski definition) is 1. The van der Waals surface area contributed by atoms with Gasteiger partial charge < -0.3 is 9.73 Å². The van der Waals surface area contributed by atoms with E-state index in [1.807, 2.05) is 51.1 Å². The maximum absolute atomic E-state index is 12.5. The lowest BCUT2D eigenvalue weighted by Crippen LogP contribution is -2.26. The molecular formula is C18H18N2O2. The summed E-state index contributed by atoms with van der Waals surface area (Å²) in [5.74, 6) is 0.178. The number of aryl methyl sites for hydroxylation is 2. The predicted molar refractivity (Wildman–Crippen MR) is 85.8 cm³/mol. The highest BCUT2D eigenvalue weighted by Gasteiger charge is 2.19. The molecule has 0 saturated carbocycles. The molecule has 0 unspecified atom stereocenters. The van der Waals surface area contributed by atoms with Gasteiger partial charge in [0.1, 0.15) is 5.58 Å². The molecule has 0 spiro atoms. The molecule has 1 atom stereocenters. The lowest BCUT2D eigenvalue weighted by Gasteiger charge is -2.13. The summed E-state index contributed by atoms with van der Waals surface area (Å²) in [5.41, 5.74) is 3.74. The monoisotopic (exact) mass is 294 g/mol. The number of aromatic nitrogens is 1. The number of hydrogen-bond acceptors (Lipinski definition) is 3. The molecule has 1 amide bonds. The number of nitrogens with zero attached hydrogens (tertiary/aromatic N) is 1. The van der Waals surface area contributed by atoms with E-state index in [9.17, 15) is 4.79 Å². The van der Waals surface area contributed by atoms with Crippen molar-refractivity contribution in [1.82, 2.24) is 10.3 Å². The molecule has 0 fully saturated rings. The highest BCUT2D eigenvalue weighted by Crippen LogP contribution is 2.26. The lowest BCUT2D eigenvalue weighted by atomic mass is 10.1. The first-order chi connectivity index (χ1) is 10.6. The normalized spacial score (nSPS) is 12.3. The summed E-state index contributed by atoms with van der Waals surface area (Å²) < 4.78 is 5.75. The average molecular weight is 294 g/mol. The number of carbonyl (C=O) groups excluding carboxylic acids is 1. The minimum atomic E-state index is -0.198. The quantitative estimate of drug-likeness (QED) is 0.796. The Kier molecular flexibility index (Phi) is 3.67. The van der Waals surface area contributed by atoms with E-state index in [1.165, 1.54) is 0 Å². The van der Waals surface area contributed by atoms with Gasteiger partial charge in [-0.2, -0.15) is 0 Å². The Balaban J connectivity index is 1.88. The Bertz CT molecular complexity index is 822. The highest BCUT2D eigenvalue weighted by molar-refractivity contribution is 5.99. The molecule has 2 heterocycles. The number of carbonyl (C=O) groups is 1. The second-order valence-electron chi connectivity index (χ2n) is 5.53. The molecule has 4 heteroatoms. The Morgan fingerprint density at radius 1 is 1.18 bits per heavy atom. The molecule has 0 aliphatic heterocycles. The minimum Gasteiger partial charge on any atom is -0.451 e. The third-order valence-corrected chi connectivity index (χ3v) is 3.85. The number of fused-ring (bicyclic) bond motifs is 1. The van der Waals surface area contributed by atoms with Crippen LogP contribution in [0.5, 0.6) is 0 Å². The maximum atomic E-state index is 12.5. The van der Waals surface area contributed by atoms with Gasteiger partial charge in [0.05, 0.1) is 6.04 Å². The van der Waals surface area contributed by atoms with E-state index in [4.69, 9.17) is 4.42 Å². The van der Waals surface area contributed by atoms with E-state index in [0.717, 1.165) is 27.7 Å². The van der Waals surface area contributed by atoms with Gasteiger partial charge in [0.15, 0.2) is 5.76 Å². The molecule has 4 nitrogen and oxygen atoms in total. The highest BCUT2D eigenvalue weighted by atomic mass is 16.3. The molecule has 0 saturated heterocycles. The van der Waals surface area contributed by atoms with Crippen molar-refractivity contribution < 1.29 is 9.21 Å². The fourth-order valence-corrected chi connectivity index (χ4v) is 2.55. The third-order valence-electron chi connectivity index (χ3n) is 3.85. The molecular weight excluding hydrogens is 276 g/mol. The largest absolute Gasteiger partial charge is 0.451 e. The number of benzene rings is 1. The predicted octanol–water partition coefficient (Wildman–Crippen LogP) is 3.94. The standard InChI is InChI=1S/C18H18N2O2/c1-11-4-5-15-12(2)17(22-16(15)10-11)18(21)20-13(3)14-6-8-19-9-7-14/h4-10,13H,1-3H3,(H,20,21)/t13-/m0/s1. The molecule has 1 aromatic carbocycles. The zero-order chi connectivity index (χ0) is 15.7. The van der Waals surface area contributed by atoms with E-state index in [-0.39, 0.29) is 11.9 Å². The number of nitrogens with one attached hydrogen (secondary N) is 1. The van der Waals surface area contributed by atoms with Gasteiger partial charge in [-0.05, 0) is 50.1 Å². The summed E-state index contributed by atoms with van der Waals surface area (Å²) in [6, 6.07) is 9.63. The van der Waals surface area contributed by atoms with Gasteiger partial charge in [-0.25, -0.2) is 0 Å². The molecule has 0 radical (unpaired) electrons. The summed E-state index contributed by atoms with van der Waals surface area (Å²) in [6.07, 6.45) is 3.43. The van der Waals surface area contributed by atoms with Crippen molar-refractivity contribution in [3.63, 3.8) is 0 Å². The topological polar surface area (TPSA) is 55.1 Å². The van der Waals surface area contributed by atoms with E-state index in [1.54, 1.807) is 12.4 Å². The Hall–Kier alpha value is -2.62. The molecule has 0 aliphatic carbocycles. The fourth-order valence-electron chi connectivity index (χ4n) is 2.55. The van der Waals surface area contributed by atoms with Crippen LogP contribution in [-0.4, -0.2) is 10.9 Å². The first-order valence-corrected chi connectivity index (χ1v) is 7.27. The fraction of sp³-hybridized carbons (Fsp3) is 0.222. The number of amides is 1. The molecule has 22 heavy (non-hydrogen) atoms. The van der Waals surface area contributed by atoms with Gasteiger partial charge in [-0.3, -0.25) is 9.78 Å². The Labute approximate surface area is 129 Å². The second kappa shape index (κ2) is 5.64. The zero-order valence-electron chi connectivity index (χ0n) is 12.9. The molecule has 1 N–H and O–H groups in total. The summed E-state index contributed by atoms with van der Waals surface area (Å²) in [7, 11) is 0. The van der Waals surface area contributed by atoms with E-state index >= 15 is 0 Å². The number of furan rings is 1. The van der Waals surface area contributed by atoms with Crippen LogP contribution in [0.1, 0.15) is 40.2 Å². The van der Waals surface area contributed by atoms with Crippen LogP contribution in [0.3, 0.4) is 0 Å². The van der Waals surface area contributed by atoms with E-state index < -0.39 is 0 Å². The van der Waals surface area contributed by atoms with E-state index in [0.29, 0.717) is 5.76 Å². The first kappa shape index (κ1) is 14.3. The Morgan fingerprint density at radius 3 is 2.64 bits per heavy atom. The number of rotatable bonds is 3. The second-order valence-corrected chi connectivity index (χ2v) is 5.53. The van der Waals surface area contributed by atoms with Crippen LogP contribution in [0.25, 0.3) is 11.0 Å². The van der Waals surface area contributed by atoms with Crippen molar-refractivity contribution in [3.8, 4) is 0 Å². The van der Waals surface area contributed by atoms with Crippen molar-refractivity contribution >= 4 is 16.9 Å². The molecule has 0 aliphatic rings. The minimum absolute atomic E-state index is 0.107. The van der Waals surface area contributed by atoms with Crippen LogP contribution in [0.15, 0.2) is 47.1 Å². The van der Waals surface area contributed by atoms with Gasteiger partial charge >= 0.3 is 0 Å². The van der Waals surface area contributed by atoms with Gasteiger partial charge in [-0.15, -0.1) is 0 Å². The summed E-state index contributed by atoms with van der Waals surface area (Å²) >= 11 is 0. The van der Waals surface area contributed by atoms with Gasteiger partial charge in [-0.1, -0.05) is 12.1 Å². The summed E-state index contributed by atoms with van der Waals surface area (Å²) in [6.45, 7) is 5.85. The van der Waals surface area contributed by atoms with Crippen LogP contribution < -0.4 is 5.32 Å². The van der Waals surface area contributed by atoms with Crippen molar-refractivity contribution in [3.05, 3.63) is 65.2 Å². The van der Waals surface area contributed by atoms with Crippen LogP contribution in [0.2, 0.25) is 0 Å². The average Bonchev–Trinajstić information content (AvgIpc) is 2.84. The van der Waals surface area contributed by atoms with Crippen molar-refractivity contribution in [2.24, 2.45) is 0 Å². The number of pyridine rings is 1. The molecule has 2 aromatic heterocycles. The molecule has 3 rings (SSSR count). The Morgan fingerprint density at radius 2 is 1.91 bits per heavy atom. The van der Waals surface area contributed by atoms with Crippen molar-refractivity contribution in [1.29, 1.82) is 0 Å². The van der Waals surface area contributed by atoms with Crippen molar-refractivity contribution in [2.45, 2.75) is 26.8 Å². The summed E-state index contributed by atoms with van der Waals surface area (Å²) in [4.78, 5) is 16.5. The third kappa shape index (κ3) is 2.60. The van der Waals surface area contributed by atoms with Gasteiger partial charge in [0.25, 0.3) is 5.91 Å².